The van der Waals surface area contributed by atoms with Crippen LogP contribution in [0.25, 0.3) is 0 Å². The lowest BCUT2D eigenvalue weighted by atomic mass is 9.77. The molecular formula is C14H27NO. The number of rotatable bonds is 1. The normalized spacial score (nSPS) is 30.8. The molecule has 1 fully saturated rings. The first kappa shape index (κ1) is 13.5. The highest BCUT2D eigenvalue weighted by Gasteiger charge is 2.34. The van der Waals surface area contributed by atoms with Crippen LogP contribution in [-0.2, 0) is 4.79 Å². The summed E-state index contributed by atoms with van der Waals surface area (Å²) in [7, 11) is 0. The largest absolute Gasteiger partial charge is 0.353 e. The van der Waals surface area contributed by atoms with Gasteiger partial charge in [0.15, 0.2) is 0 Å². The van der Waals surface area contributed by atoms with E-state index in [2.05, 4.69) is 39.9 Å². The Balaban J connectivity index is 2.75. The Morgan fingerprint density at radius 3 is 2.38 bits per heavy atom. The van der Waals surface area contributed by atoms with E-state index < -0.39 is 0 Å². The molecule has 2 nitrogen and oxygen atoms in total. The second-order valence-electron chi connectivity index (χ2n) is 7.44. The van der Waals surface area contributed by atoms with E-state index in [0.717, 1.165) is 19.3 Å². The minimum Gasteiger partial charge on any atom is -0.353 e. The van der Waals surface area contributed by atoms with Crippen molar-refractivity contribution in [3.05, 3.63) is 0 Å². The van der Waals surface area contributed by atoms with Crippen LogP contribution in [0.4, 0.5) is 0 Å². The zero-order valence-electron chi connectivity index (χ0n) is 11.7. The van der Waals surface area contributed by atoms with Gasteiger partial charge < -0.3 is 5.32 Å². The standard InChI is InChI=1S/C14H27NO/c1-10-7-14(5,6)9-11(15-12(10)16)8-13(2,3)4/h10-11H,7-9H2,1-6H3,(H,15,16). The summed E-state index contributed by atoms with van der Waals surface area (Å²) in [4.78, 5) is 11.9. The van der Waals surface area contributed by atoms with E-state index >= 15 is 0 Å². The van der Waals surface area contributed by atoms with E-state index in [1.807, 2.05) is 6.92 Å². The molecule has 16 heavy (non-hydrogen) atoms. The molecule has 0 bridgehead atoms. The molecule has 0 aliphatic carbocycles. The van der Waals surface area contributed by atoms with Crippen LogP contribution in [0.5, 0.6) is 0 Å². The Bertz CT molecular complexity index is 262. The fourth-order valence-electron chi connectivity index (χ4n) is 2.93. The summed E-state index contributed by atoms with van der Waals surface area (Å²) < 4.78 is 0. The lowest BCUT2D eigenvalue weighted by Gasteiger charge is -2.30. The van der Waals surface area contributed by atoms with E-state index in [1.165, 1.54) is 0 Å². The molecule has 0 aromatic rings. The highest BCUT2D eigenvalue weighted by molar-refractivity contribution is 5.78. The van der Waals surface area contributed by atoms with Crippen LogP contribution in [0.3, 0.4) is 0 Å². The fraction of sp³-hybridized carbons (Fsp3) is 0.929. The van der Waals surface area contributed by atoms with Gasteiger partial charge in [0.2, 0.25) is 5.91 Å². The molecule has 1 aliphatic heterocycles. The fourth-order valence-corrected chi connectivity index (χ4v) is 2.93. The molecule has 0 aromatic carbocycles. The van der Waals surface area contributed by atoms with Crippen LogP contribution >= 0.6 is 0 Å². The first-order valence-corrected chi connectivity index (χ1v) is 6.39. The molecule has 2 heteroatoms. The SMILES string of the molecule is CC1CC(C)(C)CC(CC(C)(C)C)NC1=O. The maximum atomic E-state index is 11.9. The minimum absolute atomic E-state index is 0.153. The van der Waals surface area contributed by atoms with Crippen LogP contribution in [0.15, 0.2) is 0 Å². The van der Waals surface area contributed by atoms with Gasteiger partial charge in [0.25, 0.3) is 0 Å². The molecule has 0 saturated carbocycles. The average molecular weight is 225 g/mol. The van der Waals surface area contributed by atoms with Crippen molar-refractivity contribution in [3.8, 4) is 0 Å². The third kappa shape index (κ3) is 4.15. The van der Waals surface area contributed by atoms with Crippen LogP contribution in [0, 0.1) is 16.7 Å². The van der Waals surface area contributed by atoms with Gasteiger partial charge in [-0.05, 0) is 30.1 Å². The van der Waals surface area contributed by atoms with Gasteiger partial charge >= 0.3 is 0 Å². The van der Waals surface area contributed by atoms with Crippen molar-refractivity contribution in [2.45, 2.75) is 66.8 Å². The molecule has 1 amide bonds. The number of hydrogen-bond acceptors (Lipinski definition) is 1. The van der Waals surface area contributed by atoms with Crippen LogP contribution < -0.4 is 5.32 Å². The monoisotopic (exact) mass is 225 g/mol. The third-order valence-corrected chi connectivity index (χ3v) is 3.31. The van der Waals surface area contributed by atoms with Crippen LogP contribution in [-0.4, -0.2) is 11.9 Å². The van der Waals surface area contributed by atoms with Crippen molar-refractivity contribution < 1.29 is 4.79 Å². The first-order valence-electron chi connectivity index (χ1n) is 6.39. The summed E-state index contributed by atoms with van der Waals surface area (Å²) in [6.45, 7) is 13.3. The summed E-state index contributed by atoms with van der Waals surface area (Å²) in [6.07, 6.45) is 3.16. The number of amides is 1. The van der Waals surface area contributed by atoms with Gasteiger partial charge in [-0.2, -0.15) is 0 Å². The van der Waals surface area contributed by atoms with Gasteiger partial charge in [0.05, 0.1) is 0 Å². The Hall–Kier alpha value is -0.530. The van der Waals surface area contributed by atoms with E-state index in [1.54, 1.807) is 0 Å². The zero-order chi connectivity index (χ0) is 12.6. The van der Waals surface area contributed by atoms with Crippen molar-refractivity contribution in [1.82, 2.24) is 5.32 Å². The molecule has 2 atom stereocenters. The third-order valence-electron chi connectivity index (χ3n) is 3.31. The first-order chi connectivity index (χ1) is 7.09. The van der Waals surface area contributed by atoms with Crippen molar-refractivity contribution in [1.29, 1.82) is 0 Å². The minimum atomic E-state index is 0.153. The average Bonchev–Trinajstić information content (AvgIpc) is 2.04. The predicted octanol–water partition coefficient (Wildman–Crippen LogP) is 3.36. The van der Waals surface area contributed by atoms with Gasteiger partial charge in [0.1, 0.15) is 0 Å². The van der Waals surface area contributed by atoms with E-state index in [4.69, 9.17) is 0 Å². The summed E-state index contributed by atoms with van der Waals surface area (Å²) in [6, 6.07) is 0.340. The molecule has 1 N–H and O–H groups in total. The van der Waals surface area contributed by atoms with Gasteiger partial charge in [-0.3, -0.25) is 4.79 Å². The smallest absolute Gasteiger partial charge is 0.223 e. The van der Waals surface area contributed by atoms with Crippen molar-refractivity contribution in [2.75, 3.05) is 0 Å². The van der Waals surface area contributed by atoms with Gasteiger partial charge in [-0.25, -0.2) is 0 Å². The lowest BCUT2D eigenvalue weighted by molar-refractivity contribution is -0.125. The summed E-state index contributed by atoms with van der Waals surface area (Å²) in [5.41, 5.74) is 0.552. The summed E-state index contributed by atoms with van der Waals surface area (Å²) in [5.74, 6) is 0.389. The molecule has 1 rings (SSSR count). The Kier molecular flexibility index (Phi) is 3.71. The van der Waals surface area contributed by atoms with E-state index in [9.17, 15) is 4.79 Å². The lowest BCUT2D eigenvalue weighted by Crippen LogP contribution is -2.38. The zero-order valence-corrected chi connectivity index (χ0v) is 11.7. The van der Waals surface area contributed by atoms with Crippen LogP contribution in [0.2, 0.25) is 0 Å². The molecule has 2 unspecified atom stereocenters. The van der Waals surface area contributed by atoms with Crippen molar-refractivity contribution in [2.24, 2.45) is 16.7 Å². The molecule has 0 aromatic heterocycles. The second-order valence-corrected chi connectivity index (χ2v) is 7.44. The second kappa shape index (κ2) is 4.38. The van der Waals surface area contributed by atoms with E-state index in [-0.39, 0.29) is 22.7 Å². The molecule has 94 valence electrons. The molecule has 1 saturated heterocycles. The van der Waals surface area contributed by atoms with Crippen molar-refractivity contribution in [3.63, 3.8) is 0 Å². The number of carbonyl (C=O) groups excluding carboxylic acids is 1. The highest BCUT2D eigenvalue weighted by Crippen LogP contribution is 2.36. The summed E-state index contributed by atoms with van der Waals surface area (Å²) in [5, 5.41) is 3.20. The van der Waals surface area contributed by atoms with Crippen LogP contribution in [0.1, 0.15) is 60.8 Å². The molecule has 1 aliphatic rings. The molecule has 0 spiro atoms. The summed E-state index contributed by atoms with van der Waals surface area (Å²) >= 11 is 0. The Morgan fingerprint density at radius 2 is 1.88 bits per heavy atom. The Labute approximate surface area is 100 Å². The molecule has 1 heterocycles. The maximum absolute atomic E-state index is 11.9. The van der Waals surface area contributed by atoms with Gasteiger partial charge in [-0.1, -0.05) is 41.5 Å². The maximum Gasteiger partial charge on any atom is 0.223 e. The highest BCUT2D eigenvalue weighted by atomic mass is 16.1. The number of hydrogen-bond donors (Lipinski definition) is 1. The molecule has 0 radical (unpaired) electrons. The predicted molar refractivity (Wildman–Crippen MR) is 68.2 cm³/mol. The van der Waals surface area contributed by atoms with Gasteiger partial charge in [-0.15, -0.1) is 0 Å². The topological polar surface area (TPSA) is 29.1 Å². The molecular weight excluding hydrogens is 198 g/mol. The number of carbonyl (C=O) groups is 1. The van der Waals surface area contributed by atoms with Gasteiger partial charge in [0, 0.05) is 12.0 Å². The number of nitrogens with one attached hydrogen (secondary N) is 1. The van der Waals surface area contributed by atoms with E-state index in [0.29, 0.717) is 6.04 Å². The quantitative estimate of drug-likeness (QED) is 0.728. The van der Waals surface area contributed by atoms with Crippen molar-refractivity contribution >= 4 is 5.91 Å². The Morgan fingerprint density at radius 1 is 1.31 bits per heavy atom.